The van der Waals surface area contributed by atoms with Gasteiger partial charge in [-0.2, -0.15) is 0 Å². The Balaban J connectivity index is 1.95. The maximum absolute atomic E-state index is 13.6. The second-order valence-corrected chi connectivity index (χ2v) is 9.63. The van der Waals surface area contributed by atoms with Crippen LogP contribution in [0.5, 0.6) is 17.2 Å². The molecule has 0 bridgehead atoms. The van der Waals surface area contributed by atoms with Crippen LogP contribution in [0.15, 0.2) is 60.2 Å². The lowest BCUT2D eigenvalue weighted by Gasteiger charge is -2.27. The average molecular weight is 530 g/mol. The number of ketones is 1. The fourth-order valence-electron chi connectivity index (χ4n) is 4.83. The molecule has 1 aliphatic heterocycles. The minimum Gasteiger partial charge on any atom is -0.507 e. The summed E-state index contributed by atoms with van der Waals surface area (Å²) in [6.07, 6.45) is 0.870. The van der Waals surface area contributed by atoms with Gasteiger partial charge in [0.25, 0.3) is 11.7 Å². The highest BCUT2D eigenvalue weighted by Crippen LogP contribution is 2.45. The molecule has 0 aliphatic carbocycles. The molecule has 0 aromatic heterocycles. The number of aliphatic hydroxyl groups excluding tert-OH is 1. The zero-order valence-electron chi connectivity index (χ0n) is 23.3. The Hall–Kier alpha value is -4.26. The fraction of sp³-hybridized carbons (Fsp3) is 0.312. The van der Waals surface area contributed by atoms with Gasteiger partial charge in [-0.3, -0.25) is 14.5 Å². The third-order valence-electron chi connectivity index (χ3n) is 6.78. The Labute approximate surface area is 229 Å². The predicted molar refractivity (Wildman–Crippen MR) is 152 cm³/mol. The highest BCUT2D eigenvalue weighted by molar-refractivity contribution is 6.51. The number of anilines is 1. The molecule has 1 aliphatic rings. The molecule has 4 rings (SSSR count). The Morgan fingerprint density at radius 3 is 2.28 bits per heavy atom. The molecular weight excluding hydrogens is 494 g/mol. The molecule has 1 heterocycles. The van der Waals surface area contributed by atoms with Crippen molar-refractivity contribution in [1.29, 1.82) is 0 Å². The molecule has 1 amide bonds. The molecule has 204 valence electrons. The molecule has 39 heavy (non-hydrogen) atoms. The van der Waals surface area contributed by atoms with Crippen molar-refractivity contribution in [1.82, 2.24) is 0 Å². The first-order valence-electron chi connectivity index (χ1n) is 13.1. The quantitative estimate of drug-likeness (QED) is 0.195. The fourth-order valence-corrected chi connectivity index (χ4v) is 4.83. The van der Waals surface area contributed by atoms with E-state index < -0.39 is 17.7 Å². The van der Waals surface area contributed by atoms with Crippen LogP contribution in [0.3, 0.4) is 0 Å². The van der Waals surface area contributed by atoms with E-state index >= 15 is 0 Å². The summed E-state index contributed by atoms with van der Waals surface area (Å²) in [7, 11) is 1.55. The van der Waals surface area contributed by atoms with Crippen LogP contribution in [-0.4, -0.2) is 37.1 Å². The monoisotopic (exact) mass is 529 g/mol. The first-order valence-corrected chi connectivity index (χ1v) is 13.1. The molecule has 1 unspecified atom stereocenters. The van der Waals surface area contributed by atoms with Crippen LogP contribution < -0.4 is 19.1 Å². The SMILES string of the molecule is CCCOc1ccc(/C(O)=C2/C(=O)C(=O)N(c3cc(C)ccc3C)C2c2ccc(OC)c(OCC)c2)cc1C. The van der Waals surface area contributed by atoms with E-state index in [4.69, 9.17) is 14.2 Å². The molecule has 7 heteroatoms. The standard InChI is InChI=1S/C32H35NO6/c1-7-15-39-25-13-12-23(17-21(25)5)30(34)28-29(22-11-14-26(37-6)27(18-22)38-8-2)33(32(36)31(28)35)24-16-19(3)9-10-20(24)4/h9-14,16-18,29,34H,7-8,15H2,1-6H3/b30-28-. The minimum absolute atomic E-state index is 0.00940. The van der Waals surface area contributed by atoms with Crippen molar-refractivity contribution in [2.24, 2.45) is 0 Å². The molecular formula is C32H35NO6. The van der Waals surface area contributed by atoms with E-state index in [1.54, 1.807) is 43.5 Å². The van der Waals surface area contributed by atoms with E-state index in [1.807, 2.05) is 52.8 Å². The number of hydrogen-bond acceptors (Lipinski definition) is 6. The van der Waals surface area contributed by atoms with Crippen LogP contribution in [0.4, 0.5) is 5.69 Å². The lowest BCUT2D eigenvalue weighted by molar-refractivity contribution is -0.132. The summed E-state index contributed by atoms with van der Waals surface area (Å²) in [4.78, 5) is 28.7. The largest absolute Gasteiger partial charge is 0.507 e. The summed E-state index contributed by atoms with van der Waals surface area (Å²) in [5, 5.41) is 11.6. The van der Waals surface area contributed by atoms with Crippen molar-refractivity contribution >= 4 is 23.1 Å². The molecule has 1 N–H and O–H groups in total. The number of hydrogen-bond donors (Lipinski definition) is 1. The van der Waals surface area contributed by atoms with Gasteiger partial charge < -0.3 is 19.3 Å². The van der Waals surface area contributed by atoms with Crippen LogP contribution in [0.25, 0.3) is 5.76 Å². The van der Waals surface area contributed by atoms with Crippen molar-refractivity contribution in [3.05, 3.63) is 88.0 Å². The number of aryl methyl sites for hydroxylation is 3. The van der Waals surface area contributed by atoms with Crippen LogP contribution in [0.1, 0.15) is 54.1 Å². The number of ether oxygens (including phenoxy) is 3. The minimum atomic E-state index is -0.882. The van der Waals surface area contributed by atoms with Gasteiger partial charge >= 0.3 is 0 Å². The van der Waals surface area contributed by atoms with E-state index in [0.717, 1.165) is 23.1 Å². The first kappa shape index (κ1) is 27.8. The normalized spacial score (nSPS) is 16.5. The van der Waals surface area contributed by atoms with E-state index in [2.05, 4.69) is 0 Å². The number of carbonyl (C=O) groups excluding carboxylic acids is 2. The van der Waals surface area contributed by atoms with Crippen LogP contribution in [-0.2, 0) is 9.59 Å². The zero-order valence-corrected chi connectivity index (χ0v) is 23.3. The second kappa shape index (κ2) is 11.6. The van der Waals surface area contributed by atoms with Crippen molar-refractivity contribution in [3.63, 3.8) is 0 Å². The second-order valence-electron chi connectivity index (χ2n) is 9.63. The van der Waals surface area contributed by atoms with Gasteiger partial charge in [-0.25, -0.2) is 0 Å². The van der Waals surface area contributed by atoms with Gasteiger partial charge in [-0.05, 0) is 92.8 Å². The van der Waals surface area contributed by atoms with Gasteiger partial charge in [0, 0.05) is 11.3 Å². The smallest absolute Gasteiger partial charge is 0.300 e. The highest BCUT2D eigenvalue weighted by atomic mass is 16.5. The molecule has 0 radical (unpaired) electrons. The third kappa shape index (κ3) is 5.35. The zero-order chi connectivity index (χ0) is 28.3. The summed E-state index contributed by atoms with van der Waals surface area (Å²) in [6, 6.07) is 15.4. The molecule has 1 atom stereocenters. The molecule has 0 spiro atoms. The van der Waals surface area contributed by atoms with E-state index in [-0.39, 0.29) is 11.3 Å². The van der Waals surface area contributed by atoms with Gasteiger partial charge in [0.15, 0.2) is 11.5 Å². The molecule has 7 nitrogen and oxygen atoms in total. The maximum atomic E-state index is 13.6. The number of rotatable bonds is 9. The van der Waals surface area contributed by atoms with Crippen LogP contribution in [0.2, 0.25) is 0 Å². The first-order chi connectivity index (χ1) is 18.7. The van der Waals surface area contributed by atoms with Gasteiger partial charge in [-0.1, -0.05) is 25.1 Å². The molecule has 3 aromatic carbocycles. The number of methoxy groups -OCH3 is 1. The van der Waals surface area contributed by atoms with Crippen molar-refractivity contribution in [3.8, 4) is 17.2 Å². The Kier molecular flexibility index (Phi) is 8.29. The Morgan fingerprint density at radius 1 is 0.872 bits per heavy atom. The van der Waals surface area contributed by atoms with Crippen LogP contribution in [0, 0.1) is 20.8 Å². The molecule has 0 saturated carbocycles. The third-order valence-corrected chi connectivity index (χ3v) is 6.78. The van der Waals surface area contributed by atoms with Gasteiger partial charge in [0.1, 0.15) is 11.5 Å². The summed E-state index contributed by atoms with van der Waals surface area (Å²) < 4.78 is 17.0. The Morgan fingerprint density at radius 2 is 1.62 bits per heavy atom. The predicted octanol–water partition coefficient (Wildman–Crippen LogP) is 6.43. The topological polar surface area (TPSA) is 85.3 Å². The van der Waals surface area contributed by atoms with E-state index in [0.29, 0.717) is 47.3 Å². The summed E-state index contributed by atoms with van der Waals surface area (Å²) in [6.45, 7) is 10.6. The number of Topliss-reactive ketones (excluding diaryl/α,β-unsaturated/α-hetero) is 1. The number of benzene rings is 3. The van der Waals surface area contributed by atoms with Crippen LogP contribution >= 0.6 is 0 Å². The summed E-state index contributed by atoms with van der Waals surface area (Å²) in [5.41, 5.74) is 4.25. The lowest BCUT2D eigenvalue weighted by Crippen LogP contribution is -2.30. The molecule has 1 fully saturated rings. The Bertz CT molecular complexity index is 1440. The highest BCUT2D eigenvalue weighted by Gasteiger charge is 2.47. The van der Waals surface area contributed by atoms with E-state index in [1.165, 1.54) is 4.90 Å². The van der Waals surface area contributed by atoms with Crippen molar-refractivity contribution in [2.75, 3.05) is 25.2 Å². The van der Waals surface area contributed by atoms with Gasteiger partial charge in [-0.15, -0.1) is 0 Å². The number of amides is 1. The van der Waals surface area contributed by atoms with E-state index in [9.17, 15) is 14.7 Å². The number of carbonyl (C=O) groups is 2. The lowest BCUT2D eigenvalue weighted by atomic mass is 9.94. The number of nitrogens with zero attached hydrogens (tertiary/aromatic N) is 1. The van der Waals surface area contributed by atoms with Gasteiger partial charge in [0.05, 0.1) is 31.9 Å². The summed E-state index contributed by atoms with van der Waals surface area (Å²) in [5.74, 6) is 0.0158. The molecule has 3 aromatic rings. The summed E-state index contributed by atoms with van der Waals surface area (Å²) >= 11 is 0. The van der Waals surface area contributed by atoms with Crippen molar-refractivity contribution < 1.29 is 28.9 Å². The molecule has 1 saturated heterocycles. The maximum Gasteiger partial charge on any atom is 0.300 e. The number of aliphatic hydroxyl groups is 1. The van der Waals surface area contributed by atoms with Gasteiger partial charge in [0.2, 0.25) is 0 Å². The van der Waals surface area contributed by atoms with Crippen molar-refractivity contribution in [2.45, 2.75) is 47.1 Å². The average Bonchev–Trinajstić information content (AvgIpc) is 3.19.